The van der Waals surface area contributed by atoms with E-state index < -0.39 is 0 Å². The van der Waals surface area contributed by atoms with Crippen LogP contribution >= 0.6 is 0 Å². The number of hydrogen-bond acceptors (Lipinski definition) is 3. The highest BCUT2D eigenvalue weighted by molar-refractivity contribution is 5.76. The summed E-state index contributed by atoms with van der Waals surface area (Å²) in [5.41, 5.74) is 6.01. The second kappa shape index (κ2) is 5.83. The molecule has 0 spiro atoms. The summed E-state index contributed by atoms with van der Waals surface area (Å²) in [6.45, 7) is 4.29. The lowest BCUT2D eigenvalue weighted by atomic mass is 9.99. The zero-order chi connectivity index (χ0) is 12.3. The van der Waals surface area contributed by atoms with Crippen LogP contribution in [0.15, 0.2) is 0 Å². The molecular formula is C13H24N2O2. The Kier molecular flexibility index (Phi) is 4.40. The third-order valence-electron chi connectivity index (χ3n) is 4.10. The summed E-state index contributed by atoms with van der Waals surface area (Å²) in [4.78, 5) is 14.1. The van der Waals surface area contributed by atoms with Gasteiger partial charge in [0.25, 0.3) is 0 Å². The lowest BCUT2D eigenvalue weighted by Crippen LogP contribution is -2.46. The van der Waals surface area contributed by atoms with Gasteiger partial charge in [-0.05, 0) is 25.2 Å². The second-order valence-corrected chi connectivity index (χ2v) is 5.30. The zero-order valence-corrected chi connectivity index (χ0v) is 10.7. The first-order valence-corrected chi connectivity index (χ1v) is 6.85. The fourth-order valence-electron chi connectivity index (χ4n) is 2.87. The minimum Gasteiger partial charge on any atom is -0.375 e. The molecular weight excluding hydrogens is 216 g/mol. The summed E-state index contributed by atoms with van der Waals surface area (Å²) < 4.78 is 5.58. The van der Waals surface area contributed by atoms with Gasteiger partial charge in [0.15, 0.2) is 0 Å². The first-order valence-electron chi connectivity index (χ1n) is 6.85. The predicted octanol–water partition coefficient (Wildman–Crippen LogP) is 1.14. The Morgan fingerprint density at radius 2 is 2.29 bits per heavy atom. The molecule has 2 aliphatic rings. The van der Waals surface area contributed by atoms with Crippen molar-refractivity contribution >= 4 is 5.91 Å². The van der Waals surface area contributed by atoms with Gasteiger partial charge in [0.2, 0.25) is 5.91 Å². The van der Waals surface area contributed by atoms with Gasteiger partial charge in [-0.25, -0.2) is 0 Å². The minimum absolute atomic E-state index is 0.227. The molecule has 2 rings (SSSR count). The SMILES string of the molecule is CCC1CN(C(=O)C[C@@H]2CCC[C@H]2N)CCO1. The van der Waals surface area contributed by atoms with Gasteiger partial charge < -0.3 is 15.4 Å². The van der Waals surface area contributed by atoms with Crippen LogP contribution in [0.5, 0.6) is 0 Å². The topological polar surface area (TPSA) is 55.6 Å². The molecule has 4 heteroatoms. The molecule has 1 unspecified atom stereocenters. The molecule has 98 valence electrons. The van der Waals surface area contributed by atoms with Crippen molar-refractivity contribution in [1.29, 1.82) is 0 Å². The second-order valence-electron chi connectivity index (χ2n) is 5.30. The molecule has 1 saturated carbocycles. The number of carbonyl (C=O) groups is 1. The van der Waals surface area contributed by atoms with E-state index in [0.29, 0.717) is 18.9 Å². The van der Waals surface area contributed by atoms with Crippen molar-refractivity contribution < 1.29 is 9.53 Å². The summed E-state index contributed by atoms with van der Waals surface area (Å²) in [5.74, 6) is 0.680. The largest absolute Gasteiger partial charge is 0.375 e. The van der Waals surface area contributed by atoms with Gasteiger partial charge in [0, 0.05) is 25.6 Å². The highest BCUT2D eigenvalue weighted by atomic mass is 16.5. The van der Waals surface area contributed by atoms with Gasteiger partial charge in [-0.3, -0.25) is 4.79 Å². The fraction of sp³-hybridized carbons (Fsp3) is 0.923. The molecule has 0 radical (unpaired) electrons. The van der Waals surface area contributed by atoms with Crippen LogP contribution in [0.4, 0.5) is 0 Å². The van der Waals surface area contributed by atoms with Crippen LogP contribution in [0, 0.1) is 5.92 Å². The van der Waals surface area contributed by atoms with Crippen molar-refractivity contribution in [2.45, 2.75) is 51.2 Å². The van der Waals surface area contributed by atoms with Crippen molar-refractivity contribution in [2.24, 2.45) is 11.7 Å². The molecule has 1 aliphatic heterocycles. The van der Waals surface area contributed by atoms with Crippen molar-refractivity contribution in [3.8, 4) is 0 Å². The van der Waals surface area contributed by atoms with Gasteiger partial charge in [-0.1, -0.05) is 13.3 Å². The number of ether oxygens (including phenoxy) is 1. The third kappa shape index (κ3) is 3.19. The molecule has 1 amide bonds. The third-order valence-corrected chi connectivity index (χ3v) is 4.10. The number of amides is 1. The highest BCUT2D eigenvalue weighted by Gasteiger charge is 2.29. The van der Waals surface area contributed by atoms with Crippen molar-refractivity contribution in [2.75, 3.05) is 19.7 Å². The van der Waals surface area contributed by atoms with Crippen LogP contribution in [0.25, 0.3) is 0 Å². The van der Waals surface area contributed by atoms with Crippen molar-refractivity contribution in [3.63, 3.8) is 0 Å². The number of morpholine rings is 1. The summed E-state index contributed by atoms with van der Waals surface area (Å²) in [7, 11) is 0. The van der Waals surface area contributed by atoms with E-state index in [4.69, 9.17) is 10.5 Å². The molecule has 17 heavy (non-hydrogen) atoms. The molecule has 0 aromatic rings. The number of nitrogens with two attached hydrogens (primary N) is 1. The van der Waals surface area contributed by atoms with Crippen LogP contribution in [0.2, 0.25) is 0 Å². The smallest absolute Gasteiger partial charge is 0.223 e. The van der Waals surface area contributed by atoms with Gasteiger partial charge in [-0.15, -0.1) is 0 Å². The Balaban J connectivity index is 1.82. The molecule has 1 heterocycles. The van der Waals surface area contributed by atoms with E-state index in [9.17, 15) is 4.79 Å². The Hall–Kier alpha value is -0.610. The van der Waals surface area contributed by atoms with Crippen LogP contribution in [-0.2, 0) is 9.53 Å². The first-order chi connectivity index (χ1) is 8.20. The number of hydrogen-bond donors (Lipinski definition) is 1. The maximum absolute atomic E-state index is 12.2. The summed E-state index contributed by atoms with van der Waals surface area (Å²) in [6, 6.07) is 0.238. The van der Waals surface area contributed by atoms with E-state index >= 15 is 0 Å². The standard InChI is InChI=1S/C13H24N2O2/c1-2-11-9-15(6-7-17-11)13(16)8-10-4-3-5-12(10)14/h10-12H,2-9,14H2,1H3/t10-,11?,12+/m0/s1. The predicted molar refractivity (Wildman–Crippen MR) is 66.5 cm³/mol. The molecule has 0 aromatic heterocycles. The molecule has 2 fully saturated rings. The molecule has 0 aromatic carbocycles. The Morgan fingerprint density at radius 1 is 1.47 bits per heavy atom. The van der Waals surface area contributed by atoms with Crippen LogP contribution in [0.3, 0.4) is 0 Å². The van der Waals surface area contributed by atoms with E-state index in [1.54, 1.807) is 0 Å². The summed E-state index contributed by atoms with van der Waals surface area (Å²) in [6.07, 6.45) is 5.22. The zero-order valence-electron chi connectivity index (χ0n) is 10.7. The highest BCUT2D eigenvalue weighted by Crippen LogP contribution is 2.27. The lowest BCUT2D eigenvalue weighted by molar-refractivity contribution is -0.139. The monoisotopic (exact) mass is 240 g/mol. The summed E-state index contributed by atoms with van der Waals surface area (Å²) >= 11 is 0. The number of carbonyl (C=O) groups excluding carboxylic acids is 1. The van der Waals surface area contributed by atoms with Crippen molar-refractivity contribution in [1.82, 2.24) is 4.90 Å². The fourth-order valence-corrected chi connectivity index (χ4v) is 2.87. The van der Waals surface area contributed by atoms with E-state index in [2.05, 4.69) is 6.92 Å². The Bertz CT molecular complexity index is 270. The normalized spacial score (nSPS) is 34.0. The van der Waals surface area contributed by atoms with E-state index in [0.717, 1.165) is 32.4 Å². The van der Waals surface area contributed by atoms with E-state index in [1.165, 1.54) is 6.42 Å². The maximum atomic E-state index is 12.2. The minimum atomic E-state index is 0.227. The molecule has 4 nitrogen and oxygen atoms in total. The Morgan fingerprint density at radius 3 is 2.94 bits per heavy atom. The summed E-state index contributed by atoms with van der Waals surface area (Å²) in [5, 5.41) is 0. The first kappa shape index (κ1) is 12.8. The molecule has 1 saturated heterocycles. The van der Waals surface area contributed by atoms with E-state index in [1.807, 2.05) is 4.90 Å². The molecule has 2 N–H and O–H groups in total. The quantitative estimate of drug-likeness (QED) is 0.805. The average molecular weight is 240 g/mol. The number of rotatable bonds is 3. The van der Waals surface area contributed by atoms with E-state index in [-0.39, 0.29) is 18.1 Å². The van der Waals surface area contributed by atoms with Gasteiger partial charge in [0.1, 0.15) is 0 Å². The van der Waals surface area contributed by atoms with Gasteiger partial charge in [0.05, 0.1) is 12.7 Å². The number of nitrogens with zero attached hydrogens (tertiary/aromatic N) is 1. The molecule has 0 bridgehead atoms. The van der Waals surface area contributed by atoms with Gasteiger partial charge in [-0.2, -0.15) is 0 Å². The van der Waals surface area contributed by atoms with Crippen LogP contribution < -0.4 is 5.73 Å². The van der Waals surface area contributed by atoms with Crippen molar-refractivity contribution in [3.05, 3.63) is 0 Å². The maximum Gasteiger partial charge on any atom is 0.223 e. The molecule has 1 aliphatic carbocycles. The average Bonchev–Trinajstić information content (AvgIpc) is 2.75. The Labute approximate surface area is 103 Å². The lowest BCUT2D eigenvalue weighted by Gasteiger charge is -2.33. The van der Waals surface area contributed by atoms with Crippen LogP contribution in [-0.4, -0.2) is 42.6 Å². The van der Waals surface area contributed by atoms with Gasteiger partial charge >= 0.3 is 0 Å². The van der Waals surface area contributed by atoms with Crippen LogP contribution in [0.1, 0.15) is 39.0 Å². The molecule has 3 atom stereocenters.